The van der Waals surface area contributed by atoms with Gasteiger partial charge in [0.05, 0.1) is 12.2 Å². The van der Waals surface area contributed by atoms with Crippen molar-refractivity contribution >= 4 is 23.3 Å². The molecule has 6 nitrogen and oxygen atoms in total. The number of amides is 1. The second-order valence-corrected chi connectivity index (χ2v) is 4.34. The molecular weight excluding hydrogens is 258 g/mol. The molecule has 0 aliphatic heterocycles. The van der Waals surface area contributed by atoms with Crippen LogP contribution in [0.3, 0.4) is 0 Å². The summed E-state index contributed by atoms with van der Waals surface area (Å²) in [5, 5.41) is 9.16. The van der Waals surface area contributed by atoms with Crippen molar-refractivity contribution in [1.82, 2.24) is 5.16 Å². The number of ketones is 1. The number of hydrogen-bond acceptors (Lipinski definition) is 5. The van der Waals surface area contributed by atoms with Gasteiger partial charge in [0.25, 0.3) is 0 Å². The van der Waals surface area contributed by atoms with Crippen LogP contribution in [0.25, 0.3) is 0 Å². The molecule has 20 heavy (non-hydrogen) atoms. The standard InChI is InChI=1S/C14H15N3O3/c1-9-7-14(20-17-9)16-13(19)8-15-12-6-4-3-5-11(12)10(2)18/h3-7,15H,8H2,1-2H3,(H,16,19). The van der Waals surface area contributed by atoms with E-state index in [1.165, 1.54) is 6.92 Å². The monoisotopic (exact) mass is 273 g/mol. The summed E-state index contributed by atoms with van der Waals surface area (Å²) in [5.41, 5.74) is 1.87. The van der Waals surface area contributed by atoms with Gasteiger partial charge >= 0.3 is 0 Å². The summed E-state index contributed by atoms with van der Waals surface area (Å²) in [7, 11) is 0. The van der Waals surface area contributed by atoms with Gasteiger partial charge in [-0.05, 0) is 26.0 Å². The molecule has 0 radical (unpaired) electrons. The van der Waals surface area contributed by atoms with Crippen molar-refractivity contribution in [3.63, 3.8) is 0 Å². The van der Waals surface area contributed by atoms with Crippen LogP contribution in [0.4, 0.5) is 11.6 Å². The van der Waals surface area contributed by atoms with E-state index in [1.54, 1.807) is 37.3 Å². The Kier molecular flexibility index (Phi) is 4.14. The first-order valence-electron chi connectivity index (χ1n) is 6.13. The van der Waals surface area contributed by atoms with Crippen molar-refractivity contribution in [2.24, 2.45) is 0 Å². The molecule has 2 rings (SSSR count). The lowest BCUT2D eigenvalue weighted by molar-refractivity contribution is -0.114. The number of nitrogens with zero attached hydrogens (tertiary/aromatic N) is 1. The van der Waals surface area contributed by atoms with E-state index in [-0.39, 0.29) is 18.2 Å². The first-order chi connectivity index (χ1) is 9.56. The average Bonchev–Trinajstić information content (AvgIpc) is 2.82. The summed E-state index contributed by atoms with van der Waals surface area (Å²) in [6, 6.07) is 8.66. The van der Waals surface area contributed by atoms with Crippen LogP contribution >= 0.6 is 0 Å². The zero-order valence-electron chi connectivity index (χ0n) is 11.3. The van der Waals surface area contributed by atoms with E-state index in [0.717, 1.165) is 0 Å². The molecule has 0 saturated carbocycles. The molecule has 1 heterocycles. The third-order valence-corrected chi connectivity index (χ3v) is 2.64. The number of nitrogens with one attached hydrogen (secondary N) is 2. The molecule has 0 spiro atoms. The molecule has 104 valence electrons. The van der Waals surface area contributed by atoms with Gasteiger partial charge in [-0.2, -0.15) is 0 Å². The maximum Gasteiger partial charge on any atom is 0.246 e. The van der Waals surface area contributed by atoms with Gasteiger partial charge in [-0.3, -0.25) is 14.9 Å². The van der Waals surface area contributed by atoms with Crippen molar-refractivity contribution in [3.8, 4) is 0 Å². The molecule has 0 aliphatic carbocycles. The number of aryl methyl sites for hydroxylation is 1. The van der Waals surface area contributed by atoms with Gasteiger partial charge in [0.2, 0.25) is 11.8 Å². The molecule has 0 bridgehead atoms. The highest BCUT2D eigenvalue weighted by Gasteiger charge is 2.09. The smallest absolute Gasteiger partial charge is 0.246 e. The zero-order valence-corrected chi connectivity index (χ0v) is 11.3. The first kappa shape index (κ1) is 13.8. The summed E-state index contributed by atoms with van der Waals surface area (Å²) < 4.78 is 4.89. The van der Waals surface area contributed by atoms with Gasteiger partial charge in [-0.1, -0.05) is 17.3 Å². The number of Topliss-reactive ketones (excluding diaryl/α,β-unsaturated/α-hetero) is 1. The molecule has 1 aromatic carbocycles. The Morgan fingerprint density at radius 3 is 2.70 bits per heavy atom. The topological polar surface area (TPSA) is 84.2 Å². The van der Waals surface area contributed by atoms with Crippen molar-refractivity contribution < 1.29 is 14.1 Å². The molecule has 2 N–H and O–H groups in total. The molecule has 0 atom stereocenters. The van der Waals surface area contributed by atoms with Crippen LogP contribution in [0.1, 0.15) is 23.0 Å². The van der Waals surface area contributed by atoms with Crippen molar-refractivity contribution in [1.29, 1.82) is 0 Å². The van der Waals surface area contributed by atoms with E-state index in [9.17, 15) is 9.59 Å². The van der Waals surface area contributed by atoms with Crippen LogP contribution in [0.2, 0.25) is 0 Å². The van der Waals surface area contributed by atoms with E-state index in [4.69, 9.17) is 4.52 Å². The lowest BCUT2D eigenvalue weighted by Gasteiger charge is -2.09. The molecule has 0 fully saturated rings. The Morgan fingerprint density at radius 2 is 2.05 bits per heavy atom. The van der Waals surface area contributed by atoms with Crippen LogP contribution < -0.4 is 10.6 Å². The Labute approximate surface area is 116 Å². The molecule has 0 aliphatic rings. The van der Waals surface area contributed by atoms with E-state index in [0.29, 0.717) is 22.8 Å². The third kappa shape index (κ3) is 3.44. The van der Waals surface area contributed by atoms with Gasteiger partial charge in [-0.25, -0.2) is 0 Å². The van der Waals surface area contributed by atoms with Crippen molar-refractivity contribution in [2.75, 3.05) is 17.2 Å². The summed E-state index contributed by atoms with van der Waals surface area (Å²) in [6.45, 7) is 3.28. The summed E-state index contributed by atoms with van der Waals surface area (Å²) >= 11 is 0. The minimum absolute atomic E-state index is 0.0318. The van der Waals surface area contributed by atoms with E-state index in [1.807, 2.05) is 0 Å². The van der Waals surface area contributed by atoms with Gasteiger partial charge in [0, 0.05) is 17.3 Å². The maximum atomic E-state index is 11.7. The van der Waals surface area contributed by atoms with Crippen molar-refractivity contribution in [3.05, 3.63) is 41.6 Å². The van der Waals surface area contributed by atoms with Crippen molar-refractivity contribution in [2.45, 2.75) is 13.8 Å². The SMILES string of the molecule is CC(=O)c1ccccc1NCC(=O)Nc1cc(C)no1. The summed E-state index contributed by atoms with van der Waals surface area (Å²) in [5.74, 6) is -0.0342. The quantitative estimate of drug-likeness (QED) is 0.816. The highest BCUT2D eigenvalue weighted by atomic mass is 16.5. The van der Waals surface area contributed by atoms with Gasteiger partial charge < -0.3 is 9.84 Å². The van der Waals surface area contributed by atoms with Gasteiger partial charge in [-0.15, -0.1) is 0 Å². The molecule has 1 amide bonds. The fraction of sp³-hybridized carbons (Fsp3) is 0.214. The van der Waals surface area contributed by atoms with Gasteiger partial charge in [0.15, 0.2) is 5.78 Å². The maximum absolute atomic E-state index is 11.7. The molecule has 1 aromatic heterocycles. The molecular formula is C14H15N3O3. The fourth-order valence-corrected chi connectivity index (χ4v) is 1.72. The Morgan fingerprint density at radius 1 is 1.30 bits per heavy atom. The predicted octanol–water partition coefficient (Wildman–Crippen LogP) is 2.24. The zero-order chi connectivity index (χ0) is 14.5. The second kappa shape index (κ2) is 6.01. The number of rotatable bonds is 5. The van der Waals surface area contributed by atoms with Crippen LogP contribution in [0, 0.1) is 6.92 Å². The predicted molar refractivity (Wildman–Crippen MR) is 74.8 cm³/mol. The number of carbonyl (C=O) groups is 2. The first-order valence-corrected chi connectivity index (χ1v) is 6.13. The largest absolute Gasteiger partial charge is 0.376 e. The lowest BCUT2D eigenvalue weighted by atomic mass is 10.1. The second-order valence-electron chi connectivity index (χ2n) is 4.34. The van der Waals surface area contributed by atoms with E-state index in [2.05, 4.69) is 15.8 Å². The number of para-hydroxylation sites is 1. The Hall–Kier alpha value is -2.63. The van der Waals surface area contributed by atoms with Crippen LogP contribution in [-0.4, -0.2) is 23.4 Å². The summed E-state index contributed by atoms with van der Waals surface area (Å²) in [4.78, 5) is 23.2. The van der Waals surface area contributed by atoms with Crippen LogP contribution in [0.15, 0.2) is 34.9 Å². The fourth-order valence-electron chi connectivity index (χ4n) is 1.72. The van der Waals surface area contributed by atoms with E-state index >= 15 is 0 Å². The van der Waals surface area contributed by atoms with E-state index < -0.39 is 0 Å². The normalized spacial score (nSPS) is 10.1. The van der Waals surface area contributed by atoms with Crippen LogP contribution in [0.5, 0.6) is 0 Å². The number of hydrogen-bond donors (Lipinski definition) is 2. The molecule has 2 aromatic rings. The Bertz CT molecular complexity index is 634. The molecule has 0 unspecified atom stereocenters. The van der Waals surface area contributed by atoms with Gasteiger partial charge in [0.1, 0.15) is 0 Å². The lowest BCUT2D eigenvalue weighted by Crippen LogP contribution is -2.22. The molecule has 0 saturated heterocycles. The highest BCUT2D eigenvalue weighted by molar-refractivity contribution is 6.00. The number of anilines is 2. The molecule has 6 heteroatoms. The third-order valence-electron chi connectivity index (χ3n) is 2.64. The minimum Gasteiger partial charge on any atom is -0.376 e. The average molecular weight is 273 g/mol. The highest BCUT2D eigenvalue weighted by Crippen LogP contribution is 2.15. The number of carbonyl (C=O) groups excluding carboxylic acids is 2. The Balaban J connectivity index is 1.95. The van der Waals surface area contributed by atoms with Crippen LogP contribution in [-0.2, 0) is 4.79 Å². The number of aromatic nitrogens is 1. The minimum atomic E-state index is -0.278. The summed E-state index contributed by atoms with van der Waals surface area (Å²) in [6.07, 6.45) is 0. The number of benzene rings is 1.